The molecule has 0 unspecified atom stereocenters. The Labute approximate surface area is 155 Å². The number of carboxylic acid groups (broad SMARTS) is 1. The van der Waals surface area contributed by atoms with E-state index in [1.807, 2.05) is 6.07 Å². The van der Waals surface area contributed by atoms with E-state index < -0.39 is 18.4 Å². The normalized spacial score (nSPS) is 13.4. The Bertz CT molecular complexity index is 803. The fourth-order valence-electron chi connectivity index (χ4n) is 2.93. The third kappa shape index (κ3) is 4.49. The molecule has 1 aliphatic carbocycles. The highest BCUT2D eigenvalue weighted by atomic mass is 32.1. The van der Waals surface area contributed by atoms with Crippen LogP contribution < -0.4 is 10.6 Å². The summed E-state index contributed by atoms with van der Waals surface area (Å²) in [6.07, 6.45) is 5.69. The summed E-state index contributed by atoms with van der Waals surface area (Å²) in [4.78, 5) is 36.8. The lowest BCUT2D eigenvalue weighted by molar-refractivity contribution is -0.135. The van der Waals surface area contributed by atoms with E-state index in [-0.39, 0.29) is 5.91 Å². The molecule has 1 heterocycles. The van der Waals surface area contributed by atoms with E-state index in [0.29, 0.717) is 16.1 Å². The monoisotopic (exact) mass is 372 g/mol. The zero-order valence-electron chi connectivity index (χ0n) is 14.2. The molecule has 0 atom stereocenters. The number of anilines is 1. The first-order valence-electron chi connectivity index (χ1n) is 8.56. The van der Waals surface area contributed by atoms with Crippen molar-refractivity contribution >= 4 is 34.8 Å². The van der Waals surface area contributed by atoms with Gasteiger partial charge in [-0.2, -0.15) is 0 Å². The fourth-order valence-corrected chi connectivity index (χ4v) is 4.08. The highest BCUT2D eigenvalue weighted by molar-refractivity contribution is 7.14. The van der Waals surface area contributed by atoms with Gasteiger partial charge < -0.3 is 15.7 Å². The van der Waals surface area contributed by atoms with E-state index in [2.05, 4.69) is 10.6 Å². The molecule has 1 aromatic carbocycles. The Balaban J connectivity index is 1.63. The highest BCUT2D eigenvalue weighted by Gasteiger charge is 2.16. The molecule has 0 aliphatic heterocycles. The topological polar surface area (TPSA) is 95.5 Å². The van der Waals surface area contributed by atoms with Crippen LogP contribution in [0.4, 0.5) is 5.69 Å². The van der Waals surface area contributed by atoms with Gasteiger partial charge in [-0.15, -0.1) is 11.3 Å². The van der Waals surface area contributed by atoms with Crippen LogP contribution in [-0.2, 0) is 17.6 Å². The molecule has 2 amide bonds. The van der Waals surface area contributed by atoms with Crippen molar-refractivity contribution in [2.45, 2.75) is 32.1 Å². The molecule has 2 aromatic rings. The Kier molecular flexibility index (Phi) is 5.68. The molecular formula is C19H20N2O4S. The van der Waals surface area contributed by atoms with Gasteiger partial charge in [-0.1, -0.05) is 6.42 Å². The lowest BCUT2D eigenvalue weighted by atomic mass is 10.1. The number of fused-ring (bicyclic) bond motifs is 1. The van der Waals surface area contributed by atoms with E-state index in [0.717, 1.165) is 12.8 Å². The Morgan fingerprint density at radius 2 is 1.73 bits per heavy atom. The highest BCUT2D eigenvalue weighted by Crippen LogP contribution is 2.29. The summed E-state index contributed by atoms with van der Waals surface area (Å²) in [7, 11) is 0. The first-order chi connectivity index (χ1) is 12.5. The molecule has 0 radical (unpaired) electrons. The number of nitrogens with one attached hydrogen (secondary N) is 2. The summed E-state index contributed by atoms with van der Waals surface area (Å²) in [6, 6.07) is 8.36. The minimum Gasteiger partial charge on any atom is -0.480 e. The second kappa shape index (κ2) is 8.14. The number of amides is 2. The van der Waals surface area contributed by atoms with E-state index in [1.54, 1.807) is 35.6 Å². The summed E-state index contributed by atoms with van der Waals surface area (Å²) >= 11 is 1.56. The first kappa shape index (κ1) is 18.1. The minimum atomic E-state index is -1.10. The number of benzene rings is 1. The number of carboxylic acids is 1. The van der Waals surface area contributed by atoms with E-state index in [1.165, 1.54) is 29.7 Å². The SMILES string of the molecule is O=C(O)CNC(=O)c1ccc(NC(=O)c2cc3c(s2)CCCCC3)cc1. The smallest absolute Gasteiger partial charge is 0.322 e. The second-order valence-corrected chi connectivity index (χ2v) is 7.36. The van der Waals surface area contributed by atoms with Crippen molar-refractivity contribution in [2.75, 3.05) is 11.9 Å². The lowest BCUT2D eigenvalue weighted by Crippen LogP contribution is -2.29. The quantitative estimate of drug-likeness (QED) is 0.703. The summed E-state index contributed by atoms with van der Waals surface area (Å²) in [5.74, 6) is -1.71. The predicted octanol–water partition coefficient (Wildman–Crippen LogP) is 3.08. The molecule has 136 valence electrons. The van der Waals surface area contributed by atoms with Crippen LogP contribution in [0.3, 0.4) is 0 Å². The molecular weight excluding hydrogens is 352 g/mol. The van der Waals surface area contributed by atoms with Crippen LogP contribution >= 0.6 is 11.3 Å². The predicted molar refractivity (Wildman–Crippen MR) is 99.9 cm³/mol. The van der Waals surface area contributed by atoms with Gasteiger partial charge in [0.25, 0.3) is 11.8 Å². The van der Waals surface area contributed by atoms with Crippen LogP contribution in [0.2, 0.25) is 0 Å². The molecule has 1 aromatic heterocycles. The van der Waals surface area contributed by atoms with Crippen LogP contribution in [0.15, 0.2) is 30.3 Å². The fraction of sp³-hybridized carbons (Fsp3) is 0.316. The van der Waals surface area contributed by atoms with Crippen LogP contribution in [0.25, 0.3) is 0 Å². The van der Waals surface area contributed by atoms with Gasteiger partial charge in [-0.3, -0.25) is 14.4 Å². The average Bonchev–Trinajstić information content (AvgIpc) is 2.91. The number of aliphatic carboxylic acids is 1. The van der Waals surface area contributed by atoms with Gasteiger partial charge in [0, 0.05) is 16.1 Å². The molecule has 7 heteroatoms. The molecule has 0 bridgehead atoms. The maximum atomic E-state index is 12.5. The molecule has 0 spiro atoms. The molecule has 6 nitrogen and oxygen atoms in total. The third-order valence-corrected chi connectivity index (χ3v) is 5.51. The number of aryl methyl sites for hydroxylation is 2. The van der Waals surface area contributed by atoms with Gasteiger partial charge in [0.05, 0.1) is 4.88 Å². The number of hydrogen-bond donors (Lipinski definition) is 3. The van der Waals surface area contributed by atoms with Crippen LogP contribution in [0.5, 0.6) is 0 Å². The van der Waals surface area contributed by atoms with Crippen LogP contribution in [-0.4, -0.2) is 29.4 Å². The molecule has 1 aliphatic rings. The molecule has 0 saturated carbocycles. The molecule has 3 N–H and O–H groups in total. The minimum absolute atomic E-state index is 0.147. The van der Waals surface area contributed by atoms with Crippen LogP contribution in [0, 0.1) is 0 Å². The van der Waals surface area contributed by atoms with Crippen molar-refractivity contribution in [2.24, 2.45) is 0 Å². The largest absolute Gasteiger partial charge is 0.480 e. The van der Waals surface area contributed by atoms with Gasteiger partial charge in [-0.05, 0) is 61.6 Å². The summed E-state index contributed by atoms with van der Waals surface area (Å²) in [5.41, 5.74) is 2.23. The van der Waals surface area contributed by atoms with Gasteiger partial charge in [0.15, 0.2) is 0 Å². The maximum absolute atomic E-state index is 12.5. The standard InChI is InChI=1S/C19H20N2O4S/c22-17(23)11-20-18(24)12-6-8-14(9-7-12)21-19(25)16-10-13-4-2-1-3-5-15(13)26-16/h6-10H,1-5,11H2,(H,20,24)(H,21,25)(H,22,23). The van der Waals surface area contributed by atoms with Gasteiger partial charge in [-0.25, -0.2) is 0 Å². The number of rotatable bonds is 5. The van der Waals surface area contributed by atoms with Gasteiger partial charge in [0.2, 0.25) is 0 Å². The number of hydrogen-bond acceptors (Lipinski definition) is 4. The summed E-state index contributed by atoms with van der Waals surface area (Å²) in [6.45, 7) is -0.430. The van der Waals surface area contributed by atoms with Crippen molar-refractivity contribution in [1.82, 2.24) is 5.32 Å². The van der Waals surface area contributed by atoms with Crippen LogP contribution in [0.1, 0.15) is 49.7 Å². The number of carbonyl (C=O) groups is 3. The lowest BCUT2D eigenvalue weighted by Gasteiger charge is -2.06. The average molecular weight is 372 g/mol. The van der Waals surface area contributed by atoms with E-state index in [4.69, 9.17) is 5.11 Å². The second-order valence-electron chi connectivity index (χ2n) is 6.23. The zero-order valence-corrected chi connectivity index (χ0v) is 15.0. The zero-order chi connectivity index (χ0) is 18.5. The van der Waals surface area contributed by atoms with Crippen molar-refractivity contribution in [3.8, 4) is 0 Å². The molecule has 26 heavy (non-hydrogen) atoms. The van der Waals surface area contributed by atoms with Crippen molar-refractivity contribution in [1.29, 1.82) is 0 Å². The van der Waals surface area contributed by atoms with E-state index >= 15 is 0 Å². The molecule has 3 rings (SSSR count). The van der Waals surface area contributed by atoms with Crippen molar-refractivity contribution in [3.63, 3.8) is 0 Å². The van der Waals surface area contributed by atoms with Gasteiger partial charge in [0.1, 0.15) is 6.54 Å². The van der Waals surface area contributed by atoms with E-state index in [9.17, 15) is 14.4 Å². The van der Waals surface area contributed by atoms with Gasteiger partial charge >= 0.3 is 5.97 Å². The number of thiophene rings is 1. The molecule has 0 saturated heterocycles. The Hall–Kier alpha value is -2.67. The number of carbonyl (C=O) groups excluding carboxylic acids is 2. The first-order valence-corrected chi connectivity index (χ1v) is 9.37. The Morgan fingerprint density at radius 1 is 1.00 bits per heavy atom. The molecule has 0 fully saturated rings. The Morgan fingerprint density at radius 3 is 2.46 bits per heavy atom. The summed E-state index contributed by atoms with van der Waals surface area (Å²) < 4.78 is 0. The van der Waals surface area contributed by atoms with Crippen molar-refractivity contribution in [3.05, 3.63) is 51.2 Å². The summed E-state index contributed by atoms with van der Waals surface area (Å²) in [5, 5.41) is 13.7. The van der Waals surface area contributed by atoms with Crippen molar-refractivity contribution < 1.29 is 19.5 Å². The maximum Gasteiger partial charge on any atom is 0.322 e. The third-order valence-electron chi connectivity index (χ3n) is 4.28.